The number of nitrogens with zero attached hydrogens (tertiary/aromatic N) is 1. The molecule has 0 saturated carbocycles. The van der Waals surface area contributed by atoms with Crippen molar-refractivity contribution in [3.8, 4) is 0 Å². The van der Waals surface area contributed by atoms with E-state index in [1.54, 1.807) is 31.1 Å². The lowest BCUT2D eigenvalue weighted by atomic mass is 10.0. The summed E-state index contributed by atoms with van der Waals surface area (Å²) in [6, 6.07) is 4.74. The second kappa shape index (κ2) is 6.05. The lowest BCUT2D eigenvalue weighted by molar-refractivity contribution is 0.0350. The van der Waals surface area contributed by atoms with Gasteiger partial charge in [-0.3, -0.25) is 4.79 Å². The van der Waals surface area contributed by atoms with Gasteiger partial charge in [0, 0.05) is 25.8 Å². The van der Waals surface area contributed by atoms with Crippen LogP contribution < -0.4 is 0 Å². The zero-order valence-corrected chi connectivity index (χ0v) is 11.8. The average molecular weight is 277 g/mol. The van der Waals surface area contributed by atoms with Gasteiger partial charge < -0.3 is 14.7 Å². The number of hydrogen-bond acceptors (Lipinski definition) is 3. The van der Waals surface area contributed by atoms with Gasteiger partial charge in [0.15, 0.2) is 0 Å². The third kappa shape index (κ3) is 3.17. The van der Waals surface area contributed by atoms with Crippen molar-refractivity contribution in [3.05, 3.63) is 34.9 Å². The number of methoxy groups -OCH3 is 1. The summed E-state index contributed by atoms with van der Waals surface area (Å²) in [7, 11) is 1.68. The summed E-state index contributed by atoms with van der Waals surface area (Å²) >= 11 is 0. The highest BCUT2D eigenvalue weighted by atomic mass is 16.5. The number of piperidine rings is 1. The van der Waals surface area contributed by atoms with Gasteiger partial charge in [-0.05, 0) is 43.5 Å². The molecule has 0 radical (unpaired) electrons. The standard InChI is InChI=1S/C15H19NO4/c1-10-7-11(9-12(8-10)15(18)19)14(17)16-5-3-13(20-2)4-6-16/h7-9,13H,3-6H2,1-2H3,(H,18,19). The molecule has 1 amide bonds. The summed E-state index contributed by atoms with van der Waals surface area (Å²) in [6.07, 6.45) is 1.85. The Labute approximate surface area is 118 Å². The van der Waals surface area contributed by atoms with Gasteiger partial charge in [-0.15, -0.1) is 0 Å². The summed E-state index contributed by atoms with van der Waals surface area (Å²) in [5.41, 5.74) is 1.37. The smallest absolute Gasteiger partial charge is 0.335 e. The number of aromatic carboxylic acids is 1. The molecule has 0 bridgehead atoms. The summed E-state index contributed by atoms with van der Waals surface area (Å²) in [5.74, 6) is -1.12. The normalized spacial score (nSPS) is 16.2. The predicted octanol–water partition coefficient (Wildman–Crippen LogP) is 1.94. The van der Waals surface area contributed by atoms with Crippen LogP contribution in [0.5, 0.6) is 0 Å². The number of amides is 1. The van der Waals surface area contributed by atoms with Crippen LogP contribution >= 0.6 is 0 Å². The van der Waals surface area contributed by atoms with E-state index in [9.17, 15) is 9.59 Å². The number of benzene rings is 1. The van der Waals surface area contributed by atoms with Crippen LogP contribution in [0.25, 0.3) is 0 Å². The number of aryl methyl sites for hydroxylation is 1. The van der Waals surface area contributed by atoms with E-state index in [-0.39, 0.29) is 17.6 Å². The quantitative estimate of drug-likeness (QED) is 0.917. The van der Waals surface area contributed by atoms with E-state index in [1.165, 1.54) is 6.07 Å². The first-order valence-electron chi connectivity index (χ1n) is 6.68. The largest absolute Gasteiger partial charge is 0.478 e. The number of ether oxygens (including phenoxy) is 1. The first-order valence-corrected chi connectivity index (χ1v) is 6.68. The molecule has 108 valence electrons. The third-order valence-electron chi connectivity index (χ3n) is 3.63. The molecule has 1 aliphatic rings. The molecule has 0 unspecified atom stereocenters. The highest BCUT2D eigenvalue weighted by Crippen LogP contribution is 2.17. The molecule has 0 aliphatic carbocycles. The van der Waals surface area contributed by atoms with E-state index in [0.29, 0.717) is 18.7 Å². The number of hydrogen-bond donors (Lipinski definition) is 1. The predicted molar refractivity (Wildman–Crippen MR) is 74.1 cm³/mol. The van der Waals surface area contributed by atoms with Gasteiger partial charge >= 0.3 is 5.97 Å². The fraction of sp³-hybridized carbons (Fsp3) is 0.467. The Morgan fingerprint density at radius 2 is 1.80 bits per heavy atom. The van der Waals surface area contributed by atoms with E-state index in [4.69, 9.17) is 9.84 Å². The number of carboxylic acids is 1. The molecule has 5 heteroatoms. The van der Waals surface area contributed by atoms with E-state index < -0.39 is 5.97 Å². The third-order valence-corrected chi connectivity index (χ3v) is 3.63. The first-order chi connectivity index (χ1) is 9.51. The second-order valence-corrected chi connectivity index (χ2v) is 5.12. The highest BCUT2D eigenvalue weighted by molar-refractivity contribution is 5.97. The Hall–Kier alpha value is -1.88. The number of carbonyl (C=O) groups is 2. The molecule has 1 fully saturated rings. The van der Waals surface area contributed by atoms with Crippen LogP contribution in [0.1, 0.15) is 39.1 Å². The molecule has 0 atom stereocenters. The highest BCUT2D eigenvalue weighted by Gasteiger charge is 2.24. The molecule has 2 rings (SSSR count). The van der Waals surface area contributed by atoms with Crippen molar-refractivity contribution < 1.29 is 19.4 Å². The van der Waals surface area contributed by atoms with Crippen molar-refractivity contribution in [2.24, 2.45) is 0 Å². The van der Waals surface area contributed by atoms with Crippen molar-refractivity contribution in [1.29, 1.82) is 0 Å². The average Bonchev–Trinajstić information content (AvgIpc) is 2.46. The minimum Gasteiger partial charge on any atom is -0.478 e. The van der Waals surface area contributed by atoms with Gasteiger partial charge in [0.1, 0.15) is 0 Å². The van der Waals surface area contributed by atoms with Crippen LogP contribution in [-0.2, 0) is 4.74 Å². The molecule has 0 aromatic heterocycles. The van der Waals surface area contributed by atoms with Crippen LogP contribution in [0.2, 0.25) is 0 Å². The van der Waals surface area contributed by atoms with Crippen molar-refractivity contribution in [3.63, 3.8) is 0 Å². The van der Waals surface area contributed by atoms with E-state index >= 15 is 0 Å². The molecular weight excluding hydrogens is 258 g/mol. The SMILES string of the molecule is COC1CCN(C(=O)c2cc(C)cc(C(=O)O)c2)CC1. The van der Waals surface area contributed by atoms with Gasteiger partial charge in [0.05, 0.1) is 11.7 Å². The molecule has 1 saturated heterocycles. The van der Waals surface area contributed by atoms with Crippen molar-refractivity contribution >= 4 is 11.9 Å². The summed E-state index contributed by atoms with van der Waals surface area (Å²) in [6.45, 7) is 3.09. The topological polar surface area (TPSA) is 66.8 Å². The van der Waals surface area contributed by atoms with E-state index in [1.807, 2.05) is 0 Å². The van der Waals surface area contributed by atoms with Crippen molar-refractivity contribution in [2.75, 3.05) is 20.2 Å². The molecular formula is C15H19NO4. The summed E-state index contributed by atoms with van der Waals surface area (Å²) in [5, 5.41) is 9.05. The molecule has 1 aromatic carbocycles. The second-order valence-electron chi connectivity index (χ2n) is 5.12. The minimum absolute atomic E-state index is 0.106. The van der Waals surface area contributed by atoms with Gasteiger partial charge in [-0.25, -0.2) is 4.79 Å². The van der Waals surface area contributed by atoms with Crippen LogP contribution in [-0.4, -0.2) is 48.2 Å². The fourth-order valence-corrected chi connectivity index (χ4v) is 2.51. The van der Waals surface area contributed by atoms with Crippen LogP contribution in [0.3, 0.4) is 0 Å². The Morgan fingerprint density at radius 1 is 1.20 bits per heavy atom. The number of carbonyl (C=O) groups excluding carboxylic acids is 1. The minimum atomic E-state index is -1.01. The molecule has 1 N–H and O–H groups in total. The maximum atomic E-state index is 12.4. The fourth-order valence-electron chi connectivity index (χ4n) is 2.51. The zero-order chi connectivity index (χ0) is 14.7. The maximum Gasteiger partial charge on any atom is 0.335 e. The molecule has 1 aliphatic heterocycles. The molecule has 20 heavy (non-hydrogen) atoms. The lowest BCUT2D eigenvalue weighted by Gasteiger charge is -2.31. The molecule has 0 spiro atoms. The molecule has 5 nitrogen and oxygen atoms in total. The number of likely N-dealkylation sites (tertiary alicyclic amines) is 1. The Morgan fingerprint density at radius 3 is 2.35 bits per heavy atom. The van der Waals surface area contributed by atoms with Crippen LogP contribution in [0.4, 0.5) is 0 Å². The van der Waals surface area contributed by atoms with Gasteiger partial charge in [0.2, 0.25) is 0 Å². The maximum absolute atomic E-state index is 12.4. The number of rotatable bonds is 3. The lowest BCUT2D eigenvalue weighted by Crippen LogP contribution is -2.40. The van der Waals surface area contributed by atoms with E-state index in [0.717, 1.165) is 18.4 Å². The summed E-state index contributed by atoms with van der Waals surface area (Å²) < 4.78 is 5.28. The Bertz CT molecular complexity index is 519. The van der Waals surface area contributed by atoms with Crippen LogP contribution in [0.15, 0.2) is 18.2 Å². The number of carboxylic acid groups (broad SMARTS) is 1. The van der Waals surface area contributed by atoms with Crippen LogP contribution in [0, 0.1) is 6.92 Å². The van der Waals surface area contributed by atoms with Crippen molar-refractivity contribution in [1.82, 2.24) is 4.90 Å². The zero-order valence-electron chi connectivity index (χ0n) is 11.8. The Kier molecular flexibility index (Phi) is 4.39. The first kappa shape index (κ1) is 14.5. The van der Waals surface area contributed by atoms with Gasteiger partial charge in [0.25, 0.3) is 5.91 Å². The van der Waals surface area contributed by atoms with E-state index in [2.05, 4.69) is 0 Å². The monoisotopic (exact) mass is 277 g/mol. The molecule has 1 heterocycles. The molecule has 1 aromatic rings. The van der Waals surface area contributed by atoms with Crippen molar-refractivity contribution in [2.45, 2.75) is 25.9 Å². The Balaban J connectivity index is 2.15. The van der Waals surface area contributed by atoms with Gasteiger partial charge in [-0.1, -0.05) is 0 Å². The van der Waals surface area contributed by atoms with Gasteiger partial charge in [-0.2, -0.15) is 0 Å². The summed E-state index contributed by atoms with van der Waals surface area (Å²) in [4.78, 5) is 25.2.